The van der Waals surface area contributed by atoms with Crippen molar-refractivity contribution in [2.24, 2.45) is 0 Å². The number of hydrogen-bond acceptors (Lipinski definition) is 3. The van der Waals surface area contributed by atoms with E-state index in [0.717, 1.165) is 40.6 Å². The van der Waals surface area contributed by atoms with E-state index in [0.29, 0.717) is 13.0 Å². The second kappa shape index (κ2) is 6.48. The average molecular weight is 374 g/mol. The van der Waals surface area contributed by atoms with Crippen molar-refractivity contribution in [3.05, 3.63) is 65.6 Å². The van der Waals surface area contributed by atoms with Crippen LogP contribution in [0.25, 0.3) is 10.9 Å². The Hall–Kier alpha value is -3.15. The summed E-state index contributed by atoms with van der Waals surface area (Å²) in [6, 6.07) is 11.0. The molecule has 0 unspecified atom stereocenters. The zero-order valence-electron chi connectivity index (χ0n) is 15.8. The lowest BCUT2D eigenvalue weighted by Gasteiger charge is -2.35. The molecule has 2 aliphatic heterocycles. The van der Waals surface area contributed by atoms with E-state index >= 15 is 0 Å². The summed E-state index contributed by atoms with van der Waals surface area (Å²) in [6.07, 6.45) is 5.82. The molecule has 1 N–H and O–H groups in total. The number of amides is 3. The molecular formula is C22H22N4O2. The summed E-state index contributed by atoms with van der Waals surface area (Å²) in [5.74, 6) is -0.0803. The number of urea groups is 1. The molecule has 6 nitrogen and oxygen atoms in total. The maximum atomic E-state index is 13.3. The Balaban J connectivity index is 1.68. The van der Waals surface area contributed by atoms with Crippen LogP contribution >= 0.6 is 0 Å². The number of H-pyrrole nitrogens is 1. The molecule has 0 radical (unpaired) electrons. The highest BCUT2D eigenvalue weighted by Gasteiger charge is 2.52. The van der Waals surface area contributed by atoms with Crippen LogP contribution in [-0.2, 0) is 11.2 Å². The molecule has 0 saturated carbocycles. The zero-order chi connectivity index (χ0) is 19.3. The minimum Gasteiger partial charge on any atom is -0.356 e. The normalized spacial score (nSPS) is 21.3. The van der Waals surface area contributed by atoms with Crippen molar-refractivity contribution in [3.63, 3.8) is 0 Å². The molecule has 6 heteroatoms. The Morgan fingerprint density at radius 2 is 2.04 bits per heavy atom. The van der Waals surface area contributed by atoms with Gasteiger partial charge < -0.3 is 4.98 Å². The monoisotopic (exact) mass is 374 g/mol. The van der Waals surface area contributed by atoms with Crippen LogP contribution in [-0.4, -0.2) is 44.3 Å². The lowest BCUT2D eigenvalue weighted by atomic mass is 9.89. The van der Waals surface area contributed by atoms with Crippen LogP contribution in [0.1, 0.15) is 42.6 Å². The van der Waals surface area contributed by atoms with E-state index in [1.54, 1.807) is 17.3 Å². The molecule has 1 saturated heterocycles. The number of aromatic nitrogens is 2. The first-order chi connectivity index (χ1) is 13.7. The number of nitrogens with zero attached hydrogens (tertiary/aromatic N) is 3. The zero-order valence-corrected chi connectivity index (χ0v) is 15.8. The second-order valence-corrected chi connectivity index (χ2v) is 7.50. The van der Waals surface area contributed by atoms with E-state index in [2.05, 4.69) is 23.0 Å². The molecular weight excluding hydrogens is 352 g/mol. The summed E-state index contributed by atoms with van der Waals surface area (Å²) >= 11 is 0. The van der Waals surface area contributed by atoms with Crippen molar-refractivity contribution >= 4 is 22.8 Å². The largest absolute Gasteiger partial charge is 0.356 e. The number of hydrogen-bond donors (Lipinski definition) is 1. The van der Waals surface area contributed by atoms with Gasteiger partial charge in [0, 0.05) is 42.0 Å². The molecule has 0 bridgehead atoms. The number of unbranched alkanes of at least 4 members (excludes halogenated alkanes) is 1. The van der Waals surface area contributed by atoms with Crippen molar-refractivity contribution in [1.29, 1.82) is 0 Å². The Kier molecular flexibility index (Phi) is 3.93. The highest BCUT2D eigenvalue weighted by molar-refractivity contribution is 6.05. The van der Waals surface area contributed by atoms with Crippen molar-refractivity contribution in [3.8, 4) is 0 Å². The van der Waals surface area contributed by atoms with Gasteiger partial charge in [0.25, 0.3) is 5.91 Å². The third-order valence-corrected chi connectivity index (χ3v) is 5.87. The molecule has 0 aliphatic carbocycles. The van der Waals surface area contributed by atoms with Gasteiger partial charge in [-0.1, -0.05) is 37.6 Å². The van der Waals surface area contributed by atoms with Gasteiger partial charge in [-0.2, -0.15) is 0 Å². The Morgan fingerprint density at radius 1 is 1.18 bits per heavy atom. The number of benzene rings is 1. The Bertz CT molecular complexity index is 1060. The summed E-state index contributed by atoms with van der Waals surface area (Å²) in [5.41, 5.74) is 4.07. The fraction of sp³-hybridized carbons (Fsp3) is 0.318. The number of nitrogens with one attached hydrogen (secondary N) is 1. The van der Waals surface area contributed by atoms with Crippen LogP contribution in [0.2, 0.25) is 0 Å². The predicted molar refractivity (Wildman–Crippen MR) is 106 cm³/mol. The quantitative estimate of drug-likeness (QED) is 0.709. The molecule has 1 aromatic carbocycles. The highest BCUT2D eigenvalue weighted by Crippen LogP contribution is 2.43. The third kappa shape index (κ3) is 2.37. The fourth-order valence-corrected chi connectivity index (χ4v) is 4.54. The van der Waals surface area contributed by atoms with Gasteiger partial charge in [0.2, 0.25) is 0 Å². The SMILES string of the molecule is CCCCN1C(=O)[C@H]2Cc3c([nH]c4ccccc34)[C@@H](c3cccnc3)N2C1=O. The van der Waals surface area contributed by atoms with E-state index in [9.17, 15) is 9.59 Å². The van der Waals surface area contributed by atoms with Gasteiger partial charge in [-0.25, -0.2) is 4.79 Å². The van der Waals surface area contributed by atoms with Crippen LogP contribution in [0.5, 0.6) is 0 Å². The number of rotatable bonds is 4. The minimum atomic E-state index is -0.457. The molecule has 2 aliphatic rings. The smallest absolute Gasteiger partial charge is 0.328 e. The summed E-state index contributed by atoms with van der Waals surface area (Å²) in [4.78, 5) is 37.4. The van der Waals surface area contributed by atoms with Crippen LogP contribution in [0.4, 0.5) is 4.79 Å². The van der Waals surface area contributed by atoms with Crippen LogP contribution in [0.3, 0.4) is 0 Å². The van der Waals surface area contributed by atoms with Gasteiger partial charge in [0.15, 0.2) is 0 Å². The van der Waals surface area contributed by atoms with E-state index < -0.39 is 6.04 Å². The third-order valence-electron chi connectivity index (χ3n) is 5.87. The molecule has 3 aromatic rings. The molecule has 4 heterocycles. The van der Waals surface area contributed by atoms with Crippen molar-refractivity contribution in [2.75, 3.05) is 6.54 Å². The van der Waals surface area contributed by atoms with Gasteiger partial charge in [-0.05, 0) is 29.7 Å². The first kappa shape index (κ1) is 17.0. The Morgan fingerprint density at radius 3 is 2.82 bits per heavy atom. The number of carbonyl (C=O) groups excluding carboxylic acids is 2. The lowest BCUT2D eigenvalue weighted by Crippen LogP contribution is -2.44. The lowest BCUT2D eigenvalue weighted by molar-refractivity contribution is -0.128. The number of pyridine rings is 1. The Labute approximate surface area is 163 Å². The molecule has 142 valence electrons. The van der Waals surface area contributed by atoms with Crippen LogP contribution in [0, 0.1) is 0 Å². The number of para-hydroxylation sites is 1. The molecule has 1 fully saturated rings. The number of carbonyl (C=O) groups is 2. The first-order valence-electron chi connectivity index (χ1n) is 9.83. The predicted octanol–water partition coefficient (Wildman–Crippen LogP) is 3.64. The summed E-state index contributed by atoms with van der Waals surface area (Å²) in [7, 11) is 0. The summed E-state index contributed by atoms with van der Waals surface area (Å²) in [5, 5.41) is 1.12. The van der Waals surface area contributed by atoms with Gasteiger partial charge in [-0.15, -0.1) is 0 Å². The molecule has 28 heavy (non-hydrogen) atoms. The first-order valence-corrected chi connectivity index (χ1v) is 9.83. The maximum absolute atomic E-state index is 13.3. The van der Waals surface area contributed by atoms with E-state index in [1.807, 2.05) is 30.3 Å². The topological polar surface area (TPSA) is 69.3 Å². The van der Waals surface area contributed by atoms with Gasteiger partial charge in [0.05, 0.1) is 0 Å². The highest BCUT2D eigenvalue weighted by atomic mass is 16.2. The molecule has 0 spiro atoms. The standard InChI is InChI=1S/C22H22N4O2/c1-2-3-11-25-21(27)18-12-16-15-8-4-5-9-17(15)24-19(16)20(26(18)22(25)28)14-7-6-10-23-13-14/h4-10,13,18,20,24H,2-3,11-12H2,1H3/t18-,20-/m1/s1. The molecule has 2 atom stereocenters. The fourth-order valence-electron chi connectivity index (χ4n) is 4.54. The van der Waals surface area contributed by atoms with Crippen molar-refractivity contribution in [2.45, 2.75) is 38.3 Å². The molecule has 5 rings (SSSR count). The maximum Gasteiger partial charge on any atom is 0.328 e. The van der Waals surface area contributed by atoms with Crippen molar-refractivity contribution < 1.29 is 9.59 Å². The van der Waals surface area contributed by atoms with Gasteiger partial charge in [0.1, 0.15) is 12.1 Å². The van der Waals surface area contributed by atoms with E-state index in [-0.39, 0.29) is 18.0 Å². The number of imide groups is 1. The average Bonchev–Trinajstić information content (AvgIpc) is 3.21. The van der Waals surface area contributed by atoms with Crippen LogP contribution < -0.4 is 0 Å². The minimum absolute atomic E-state index is 0.0803. The summed E-state index contributed by atoms with van der Waals surface area (Å²) < 4.78 is 0. The summed E-state index contributed by atoms with van der Waals surface area (Å²) in [6.45, 7) is 2.55. The second-order valence-electron chi connectivity index (χ2n) is 7.50. The number of aromatic amines is 1. The van der Waals surface area contributed by atoms with Crippen LogP contribution in [0.15, 0.2) is 48.8 Å². The van der Waals surface area contributed by atoms with E-state index in [4.69, 9.17) is 0 Å². The molecule has 3 amide bonds. The van der Waals surface area contributed by atoms with Gasteiger partial charge >= 0.3 is 6.03 Å². The number of fused-ring (bicyclic) bond motifs is 4. The van der Waals surface area contributed by atoms with Crippen molar-refractivity contribution in [1.82, 2.24) is 19.8 Å². The van der Waals surface area contributed by atoms with E-state index in [1.165, 1.54) is 4.90 Å². The van der Waals surface area contributed by atoms with Gasteiger partial charge in [-0.3, -0.25) is 19.6 Å². The molecule has 2 aromatic heterocycles.